The minimum atomic E-state index is -0.479. The molecule has 0 saturated carbocycles. The summed E-state index contributed by atoms with van der Waals surface area (Å²) in [4.78, 5) is 28.5. The molecule has 0 spiro atoms. The standard InChI is InChI=1S/C25H23ClFN5O2/c1-15-4-2-11-32(21(15)14-30-25-31-20-12-16(26)5-8-22(20)34-25)24(33)19-13-17(27)6-7-18(19)23-28-9-3-10-29-23/h3,5-10,12-13,15,21H,2,4,11,14H2,1H3,(H,30,31)/t15-,21-/m1/s1. The van der Waals surface area contributed by atoms with E-state index in [-0.39, 0.29) is 23.4 Å². The molecule has 2 aromatic heterocycles. The Labute approximate surface area is 201 Å². The number of hydrogen-bond donors (Lipinski definition) is 1. The van der Waals surface area contributed by atoms with E-state index in [9.17, 15) is 9.18 Å². The number of carbonyl (C=O) groups excluding carboxylic acids is 1. The molecule has 4 aromatic rings. The molecule has 9 heteroatoms. The van der Waals surface area contributed by atoms with Crippen LogP contribution in [-0.4, -0.2) is 44.9 Å². The van der Waals surface area contributed by atoms with Gasteiger partial charge in [-0.25, -0.2) is 14.4 Å². The fraction of sp³-hybridized carbons (Fsp3) is 0.280. The van der Waals surface area contributed by atoms with Gasteiger partial charge in [0, 0.05) is 36.1 Å². The molecule has 2 aromatic carbocycles. The molecule has 1 N–H and O–H groups in total. The van der Waals surface area contributed by atoms with E-state index in [1.165, 1.54) is 12.1 Å². The van der Waals surface area contributed by atoms with Crippen molar-refractivity contribution in [2.75, 3.05) is 18.4 Å². The van der Waals surface area contributed by atoms with Crippen LogP contribution in [0.4, 0.5) is 10.4 Å². The van der Waals surface area contributed by atoms with E-state index in [1.807, 2.05) is 4.90 Å². The highest BCUT2D eigenvalue weighted by Crippen LogP contribution is 2.29. The summed E-state index contributed by atoms with van der Waals surface area (Å²) < 4.78 is 20.0. The number of oxazole rings is 1. The van der Waals surface area contributed by atoms with Crippen LogP contribution in [0.3, 0.4) is 0 Å². The van der Waals surface area contributed by atoms with Crippen molar-refractivity contribution in [3.63, 3.8) is 0 Å². The maximum absolute atomic E-state index is 14.2. The molecule has 1 saturated heterocycles. The largest absolute Gasteiger partial charge is 0.424 e. The van der Waals surface area contributed by atoms with E-state index < -0.39 is 5.82 Å². The van der Waals surface area contributed by atoms with Gasteiger partial charge in [0.2, 0.25) is 0 Å². The van der Waals surface area contributed by atoms with E-state index in [2.05, 4.69) is 27.2 Å². The number of hydrogen-bond acceptors (Lipinski definition) is 6. The van der Waals surface area contributed by atoms with Crippen LogP contribution in [0.15, 0.2) is 59.3 Å². The molecule has 1 aliphatic heterocycles. The van der Waals surface area contributed by atoms with Crippen LogP contribution in [0.1, 0.15) is 30.1 Å². The number of nitrogens with one attached hydrogen (secondary N) is 1. The smallest absolute Gasteiger partial charge is 0.295 e. The minimum Gasteiger partial charge on any atom is -0.424 e. The lowest BCUT2D eigenvalue weighted by molar-refractivity contribution is 0.0539. The molecule has 0 radical (unpaired) electrons. The number of halogens is 2. The summed E-state index contributed by atoms with van der Waals surface area (Å²) in [6.07, 6.45) is 5.06. The van der Waals surface area contributed by atoms with Crippen LogP contribution >= 0.6 is 11.6 Å². The van der Waals surface area contributed by atoms with Crippen LogP contribution in [0.2, 0.25) is 5.02 Å². The Morgan fingerprint density at radius 1 is 1.24 bits per heavy atom. The molecule has 34 heavy (non-hydrogen) atoms. The summed E-state index contributed by atoms with van der Waals surface area (Å²) in [5.41, 5.74) is 2.05. The predicted octanol–water partition coefficient (Wildman–Crippen LogP) is 5.43. The normalized spacial score (nSPS) is 18.3. The number of amides is 1. The Morgan fingerprint density at radius 2 is 2.06 bits per heavy atom. The van der Waals surface area contributed by atoms with Crippen molar-refractivity contribution in [1.29, 1.82) is 0 Å². The first-order valence-electron chi connectivity index (χ1n) is 11.2. The van der Waals surface area contributed by atoms with Crippen molar-refractivity contribution < 1.29 is 13.6 Å². The van der Waals surface area contributed by atoms with Gasteiger partial charge in [-0.3, -0.25) is 4.79 Å². The van der Waals surface area contributed by atoms with Crippen LogP contribution in [0.25, 0.3) is 22.5 Å². The van der Waals surface area contributed by atoms with Gasteiger partial charge in [0.25, 0.3) is 11.9 Å². The van der Waals surface area contributed by atoms with E-state index in [0.29, 0.717) is 46.6 Å². The van der Waals surface area contributed by atoms with Gasteiger partial charge < -0.3 is 14.6 Å². The average Bonchev–Trinajstić information content (AvgIpc) is 3.25. The molecule has 2 atom stereocenters. The van der Waals surface area contributed by atoms with E-state index in [0.717, 1.165) is 12.8 Å². The van der Waals surface area contributed by atoms with Gasteiger partial charge in [0.15, 0.2) is 11.4 Å². The summed E-state index contributed by atoms with van der Waals surface area (Å²) in [5.74, 6) is -0.109. The van der Waals surface area contributed by atoms with Crippen molar-refractivity contribution in [3.8, 4) is 11.4 Å². The van der Waals surface area contributed by atoms with Crippen molar-refractivity contribution >= 4 is 34.6 Å². The first kappa shape index (κ1) is 22.3. The average molecular weight is 480 g/mol. The second kappa shape index (κ2) is 9.38. The molecule has 1 fully saturated rings. The Bertz CT molecular complexity index is 1330. The van der Waals surface area contributed by atoms with Gasteiger partial charge >= 0.3 is 0 Å². The van der Waals surface area contributed by atoms with Crippen LogP contribution in [0, 0.1) is 11.7 Å². The number of likely N-dealkylation sites (tertiary alicyclic amines) is 1. The highest BCUT2D eigenvalue weighted by atomic mass is 35.5. The number of anilines is 1. The number of nitrogens with zero attached hydrogens (tertiary/aromatic N) is 4. The zero-order valence-corrected chi connectivity index (χ0v) is 19.3. The molecule has 1 aliphatic rings. The highest BCUT2D eigenvalue weighted by Gasteiger charge is 2.34. The third kappa shape index (κ3) is 4.46. The van der Waals surface area contributed by atoms with Crippen molar-refractivity contribution in [2.45, 2.75) is 25.8 Å². The van der Waals surface area contributed by atoms with Crippen molar-refractivity contribution in [2.24, 2.45) is 5.92 Å². The molecule has 1 amide bonds. The zero-order chi connectivity index (χ0) is 23.7. The molecule has 0 unspecified atom stereocenters. The number of carbonyl (C=O) groups is 1. The lowest BCUT2D eigenvalue weighted by atomic mass is 9.89. The predicted molar refractivity (Wildman–Crippen MR) is 128 cm³/mol. The number of fused-ring (bicyclic) bond motifs is 1. The van der Waals surface area contributed by atoms with E-state index >= 15 is 0 Å². The summed E-state index contributed by atoms with van der Waals surface area (Å²) in [6, 6.07) is 11.3. The summed E-state index contributed by atoms with van der Waals surface area (Å²) >= 11 is 6.04. The molecular formula is C25H23ClFN5O2. The first-order valence-corrected chi connectivity index (χ1v) is 11.6. The van der Waals surface area contributed by atoms with Gasteiger partial charge in [-0.15, -0.1) is 0 Å². The molecule has 174 valence electrons. The molecular weight excluding hydrogens is 457 g/mol. The lowest BCUT2D eigenvalue weighted by Gasteiger charge is -2.40. The molecule has 0 aliphatic carbocycles. The molecule has 3 heterocycles. The fourth-order valence-corrected chi connectivity index (χ4v) is 4.63. The number of piperidine rings is 1. The van der Waals surface area contributed by atoms with Crippen molar-refractivity contribution in [3.05, 3.63) is 71.3 Å². The van der Waals surface area contributed by atoms with Gasteiger partial charge in [0.1, 0.15) is 11.3 Å². The zero-order valence-electron chi connectivity index (χ0n) is 18.5. The quantitative estimate of drug-likeness (QED) is 0.411. The second-order valence-corrected chi connectivity index (χ2v) is 8.90. The summed E-state index contributed by atoms with van der Waals surface area (Å²) in [7, 11) is 0. The van der Waals surface area contributed by atoms with Crippen LogP contribution in [-0.2, 0) is 0 Å². The minimum absolute atomic E-state index is 0.132. The number of rotatable bonds is 5. The summed E-state index contributed by atoms with van der Waals surface area (Å²) in [5, 5.41) is 3.82. The van der Waals surface area contributed by atoms with Gasteiger partial charge in [-0.1, -0.05) is 18.5 Å². The van der Waals surface area contributed by atoms with Gasteiger partial charge in [-0.2, -0.15) is 4.98 Å². The lowest BCUT2D eigenvalue weighted by Crippen LogP contribution is -2.51. The monoisotopic (exact) mass is 479 g/mol. The molecule has 7 nitrogen and oxygen atoms in total. The number of aromatic nitrogens is 3. The van der Waals surface area contributed by atoms with E-state index in [1.54, 1.807) is 42.7 Å². The SMILES string of the molecule is C[C@@H]1CCCN(C(=O)c2cc(F)ccc2-c2ncccn2)[C@@H]1CNc1nc2cc(Cl)ccc2o1. The van der Waals surface area contributed by atoms with E-state index in [4.69, 9.17) is 16.0 Å². The number of benzene rings is 2. The van der Waals surface area contributed by atoms with Gasteiger partial charge in [-0.05, 0) is 61.2 Å². The Balaban J connectivity index is 1.41. The first-order chi connectivity index (χ1) is 16.5. The van der Waals surface area contributed by atoms with Gasteiger partial charge in [0.05, 0.1) is 11.6 Å². The van der Waals surface area contributed by atoms with Crippen LogP contribution < -0.4 is 5.32 Å². The third-order valence-corrected chi connectivity index (χ3v) is 6.44. The van der Waals surface area contributed by atoms with Crippen LogP contribution in [0.5, 0.6) is 0 Å². The summed E-state index contributed by atoms with van der Waals surface area (Å²) in [6.45, 7) is 3.13. The molecule has 0 bridgehead atoms. The molecule has 5 rings (SSSR count). The highest BCUT2D eigenvalue weighted by molar-refractivity contribution is 6.31. The topological polar surface area (TPSA) is 84.2 Å². The third-order valence-electron chi connectivity index (χ3n) is 6.21. The maximum atomic E-state index is 14.2. The Kier molecular flexibility index (Phi) is 6.15. The van der Waals surface area contributed by atoms with Crippen molar-refractivity contribution in [1.82, 2.24) is 19.9 Å². The second-order valence-electron chi connectivity index (χ2n) is 8.46. The fourth-order valence-electron chi connectivity index (χ4n) is 4.46. The maximum Gasteiger partial charge on any atom is 0.295 e. The Hall–Kier alpha value is -3.52. The Morgan fingerprint density at radius 3 is 2.88 bits per heavy atom.